The van der Waals surface area contributed by atoms with E-state index in [1.165, 1.54) is 12.0 Å². The zero-order valence-electron chi connectivity index (χ0n) is 12.1. The predicted octanol–water partition coefficient (Wildman–Crippen LogP) is 4.91. The average Bonchev–Trinajstić information content (AvgIpc) is 2.31. The summed E-state index contributed by atoms with van der Waals surface area (Å²) in [4.78, 5) is 12.3. The molecule has 1 aliphatic carbocycles. The topological polar surface area (TPSA) is 17.1 Å². The van der Waals surface area contributed by atoms with Crippen LogP contribution in [0.2, 0.25) is 5.02 Å². The van der Waals surface area contributed by atoms with Crippen LogP contribution in [-0.4, -0.2) is 5.78 Å². The summed E-state index contributed by atoms with van der Waals surface area (Å²) in [5.41, 5.74) is 1.30. The first-order chi connectivity index (χ1) is 8.88. The minimum absolute atomic E-state index is 0.0328. The maximum atomic E-state index is 12.3. The lowest BCUT2D eigenvalue weighted by molar-refractivity contribution is -0.129. The number of halogens is 1. The van der Waals surface area contributed by atoms with Crippen molar-refractivity contribution in [3.8, 4) is 0 Å². The van der Waals surface area contributed by atoms with E-state index in [2.05, 4.69) is 32.9 Å². The van der Waals surface area contributed by atoms with Gasteiger partial charge in [0.05, 0.1) is 0 Å². The highest BCUT2D eigenvalue weighted by Crippen LogP contribution is 2.40. The van der Waals surface area contributed by atoms with Crippen molar-refractivity contribution in [1.29, 1.82) is 0 Å². The van der Waals surface area contributed by atoms with Crippen molar-refractivity contribution in [1.82, 2.24) is 0 Å². The highest BCUT2D eigenvalue weighted by atomic mass is 35.5. The summed E-state index contributed by atoms with van der Waals surface area (Å²) in [5.74, 6) is 1.23. The SMILES string of the molecule is CC1CCC(C(C)(C)Cc2ccc(Cl)cc2)C(=O)C1. The van der Waals surface area contributed by atoms with E-state index in [1.807, 2.05) is 12.1 Å². The third-order valence-corrected chi connectivity index (χ3v) is 4.65. The second-order valence-electron chi connectivity index (χ2n) is 6.70. The smallest absolute Gasteiger partial charge is 0.136 e. The van der Waals surface area contributed by atoms with Gasteiger partial charge in [-0.15, -0.1) is 0 Å². The minimum Gasteiger partial charge on any atom is -0.299 e. The van der Waals surface area contributed by atoms with Crippen LogP contribution in [0.3, 0.4) is 0 Å². The second kappa shape index (κ2) is 5.66. The lowest BCUT2D eigenvalue weighted by Gasteiger charge is -2.37. The molecule has 1 nitrogen and oxygen atoms in total. The summed E-state index contributed by atoms with van der Waals surface area (Å²) in [6.07, 6.45) is 3.92. The van der Waals surface area contributed by atoms with E-state index < -0.39 is 0 Å². The number of hydrogen-bond acceptors (Lipinski definition) is 1. The summed E-state index contributed by atoms with van der Waals surface area (Å²) in [7, 11) is 0. The van der Waals surface area contributed by atoms with Crippen molar-refractivity contribution in [2.45, 2.75) is 46.5 Å². The standard InChI is InChI=1S/C17H23ClO/c1-12-4-9-15(16(19)10-12)17(2,3)11-13-5-7-14(18)8-6-13/h5-8,12,15H,4,9-11H2,1-3H3. The van der Waals surface area contributed by atoms with Crippen LogP contribution in [0, 0.1) is 17.3 Å². The van der Waals surface area contributed by atoms with Crippen LogP contribution in [0.1, 0.15) is 45.6 Å². The molecule has 0 spiro atoms. The van der Waals surface area contributed by atoms with Gasteiger partial charge in [-0.2, -0.15) is 0 Å². The molecule has 1 fully saturated rings. The van der Waals surface area contributed by atoms with Crippen molar-refractivity contribution < 1.29 is 4.79 Å². The number of rotatable bonds is 3. The minimum atomic E-state index is 0.0328. The first-order valence-electron chi connectivity index (χ1n) is 7.15. The zero-order valence-corrected chi connectivity index (χ0v) is 12.8. The quantitative estimate of drug-likeness (QED) is 0.767. The summed E-state index contributed by atoms with van der Waals surface area (Å²) in [6, 6.07) is 8.00. The van der Waals surface area contributed by atoms with Crippen LogP contribution in [0.4, 0.5) is 0 Å². The molecule has 104 valence electrons. The first kappa shape index (κ1) is 14.6. The maximum Gasteiger partial charge on any atom is 0.136 e. The highest BCUT2D eigenvalue weighted by molar-refractivity contribution is 6.30. The molecule has 1 aromatic carbocycles. The number of ketones is 1. The van der Waals surface area contributed by atoms with Crippen molar-refractivity contribution >= 4 is 17.4 Å². The summed E-state index contributed by atoms with van der Waals surface area (Å²) in [5, 5.41) is 0.768. The van der Waals surface area contributed by atoms with Gasteiger partial charge in [0.1, 0.15) is 5.78 Å². The lowest BCUT2D eigenvalue weighted by Crippen LogP contribution is -2.36. The fourth-order valence-electron chi connectivity index (χ4n) is 3.28. The molecule has 2 unspecified atom stereocenters. The van der Waals surface area contributed by atoms with Crippen LogP contribution in [0.25, 0.3) is 0 Å². The average molecular weight is 279 g/mol. The highest BCUT2D eigenvalue weighted by Gasteiger charge is 2.37. The number of Topliss-reactive ketones (excluding diaryl/α,β-unsaturated/α-hetero) is 1. The van der Waals surface area contributed by atoms with Gasteiger partial charge in [0.15, 0.2) is 0 Å². The Morgan fingerprint density at radius 3 is 2.42 bits per heavy atom. The third-order valence-electron chi connectivity index (χ3n) is 4.40. The van der Waals surface area contributed by atoms with E-state index in [0.29, 0.717) is 11.7 Å². The molecule has 0 heterocycles. The van der Waals surface area contributed by atoms with Crippen LogP contribution in [0.15, 0.2) is 24.3 Å². The molecule has 1 aromatic rings. The normalized spacial score (nSPS) is 24.5. The van der Waals surface area contributed by atoms with Crippen LogP contribution in [-0.2, 0) is 11.2 Å². The molecule has 1 saturated carbocycles. The Balaban J connectivity index is 2.09. The Bertz CT molecular complexity index is 447. The molecule has 19 heavy (non-hydrogen) atoms. The lowest BCUT2D eigenvalue weighted by atomic mass is 9.66. The van der Waals surface area contributed by atoms with Crippen molar-refractivity contribution in [3.63, 3.8) is 0 Å². The van der Waals surface area contributed by atoms with Gasteiger partial charge in [0.2, 0.25) is 0 Å². The molecular weight excluding hydrogens is 256 g/mol. The van der Waals surface area contributed by atoms with E-state index in [4.69, 9.17) is 11.6 Å². The van der Waals surface area contributed by atoms with Gasteiger partial charge in [0.25, 0.3) is 0 Å². The van der Waals surface area contributed by atoms with Crippen molar-refractivity contribution in [3.05, 3.63) is 34.9 Å². The van der Waals surface area contributed by atoms with Crippen molar-refractivity contribution in [2.24, 2.45) is 17.3 Å². The first-order valence-corrected chi connectivity index (χ1v) is 7.53. The van der Waals surface area contributed by atoms with E-state index in [1.54, 1.807) is 0 Å². The number of carbonyl (C=O) groups is 1. The number of hydrogen-bond donors (Lipinski definition) is 0. The molecule has 0 aromatic heterocycles. The van der Waals surface area contributed by atoms with E-state index in [9.17, 15) is 4.79 Å². The summed E-state index contributed by atoms with van der Waals surface area (Å²) in [6.45, 7) is 6.63. The predicted molar refractivity (Wildman–Crippen MR) is 80.4 cm³/mol. The Morgan fingerprint density at radius 1 is 1.21 bits per heavy atom. The van der Waals surface area contributed by atoms with Gasteiger partial charge in [-0.1, -0.05) is 44.5 Å². The Hall–Kier alpha value is -0.820. The van der Waals surface area contributed by atoms with Gasteiger partial charge >= 0.3 is 0 Å². The zero-order chi connectivity index (χ0) is 14.0. The molecular formula is C17H23ClO. The van der Waals surface area contributed by atoms with Gasteiger partial charge in [-0.05, 0) is 48.3 Å². The molecule has 2 heteroatoms. The van der Waals surface area contributed by atoms with E-state index >= 15 is 0 Å². The van der Waals surface area contributed by atoms with Crippen LogP contribution >= 0.6 is 11.6 Å². The van der Waals surface area contributed by atoms with Gasteiger partial charge < -0.3 is 0 Å². The molecule has 0 N–H and O–H groups in total. The monoisotopic (exact) mass is 278 g/mol. The maximum absolute atomic E-state index is 12.3. The number of carbonyl (C=O) groups excluding carboxylic acids is 1. The second-order valence-corrected chi connectivity index (χ2v) is 7.13. The molecule has 0 amide bonds. The van der Waals surface area contributed by atoms with Gasteiger partial charge in [-0.3, -0.25) is 4.79 Å². The van der Waals surface area contributed by atoms with Crippen LogP contribution < -0.4 is 0 Å². The Kier molecular flexibility index (Phi) is 4.35. The third kappa shape index (κ3) is 3.60. The molecule has 0 radical (unpaired) electrons. The van der Waals surface area contributed by atoms with E-state index in [-0.39, 0.29) is 11.3 Å². The Morgan fingerprint density at radius 2 is 1.84 bits per heavy atom. The molecule has 0 bridgehead atoms. The Labute approximate surface area is 121 Å². The number of benzene rings is 1. The van der Waals surface area contributed by atoms with Gasteiger partial charge in [-0.25, -0.2) is 0 Å². The molecule has 0 saturated heterocycles. The fraction of sp³-hybridized carbons (Fsp3) is 0.588. The molecule has 0 aliphatic heterocycles. The largest absolute Gasteiger partial charge is 0.299 e. The van der Waals surface area contributed by atoms with Crippen molar-refractivity contribution in [2.75, 3.05) is 0 Å². The van der Waals surface area contributed by atoms with Gasteiger partial charge in [0, 0.05) is 17.4 Å². The molecule has 2 rings (SSSR count). The van der Waals surface area contributed by atoms with E-state index in [0.717, 1.165) is 24.3 Å². The summed E-state index contributed by atoms with van der Waals surface area (Å²) >= 11 is 5.92. The molecule has 2 atom stereocenters. The molecule has 1 aliphatic rings. The van der Waals surface area contributed by atoms with Crippen LogP contribution in [0.5, 0.6) is 0 Å². The summed E-state index contributed by atoms with van der Waals surface area (Å²) < 4.78 is 0. The fourth-order valence-corrected chi connectivity index (χ4v) is 3.40.